The van der Waals surface area contributed by atoms with Crippen LogP contribution >= 0.6 is 27.7 Å². The lowest BCUT2D eigenvalue weighted by molar-refractivity contribution is -0.385. The molecule has 2 aromatic rings. The Morgan fingerprint density at radius 1 is 1.21 bits per heavy atom. The summed E-state index contributed by atoms with van der Waals surface area (Å²) >= 11 is 4.79. The number of benzene rings is 2. The molecule has 0 unspecified atom stereocenters. The van der Waals surface area contributed by atoms with Crippen molar-refractivity contribution in [2.75, 3.05) is 5.73 Å². The van der Waals surface area contributed by atoms with Crippen LogP contribution in [0.1, 0.15) is 5.56 Å². The molecule has 0 saturated heterocycles. The molecule has 6 heteroatoms. The molecule has 98 valence electrons. The second kappa shape index (κ2) is 6.08. The highest BCUT2D eigenvalue weighted by molar-refractivity contribution is 9.10. The highest BCUT2D eigenvalue weighted by Crippen LogP contribution is 2.30. The first-order valence-electron chi connectivity index (χ1n) is 5.47. The quantitative estimate of drug-likeness (QED) is 0.392. The molecular weight excluding hydrogens is 328 g/mol. The number of rotatable bonds is 4. The van der Waals surface area contributed by atoms with Crippen molar-refractivity contribution in [1.82, 2.24) is 0 Å². The lowest BCUT2D eigenvalue weighted by Crippen LogP contribution is -1.94. The summed E-state index contributed by atoms with van der Waals surface area (Å²) in [5.41, 5.74) is 7.16. The van der Waals surface area contributed by atoms with E-state index in [1.54, 1.807) is 17.8 Å². The number of thioether (sulfide) groups is 1. The molecule has 2 N–H and O–H groups in total. The average Bonchev–Trinajstić information content (AvgIpc) is 2.39. The van der Waals surface area contributed by atoms with Crippen LogP contribution in [0.2, 0.25) is 0 Å². The summed E-state index contributed by atoms with van der Waals surface area (Å²) in [4.78, 5) is 11.7. The molecule has 0 aromatic heterocycles. The first-order valence-corrected chi connectivity index (χ1v) is 7.25. The van der Waals surface area contributed by atoms with Crippen LogP contribution in [0, 0.1) is 10.1 Å². The van der Waals surface area contributed by atoms with Crippen molar-refractivity contribution >= 4 is 39.1 Å². The molecule has 4 nitrogen and oxygen atoms in total. The Hall–Kier alpha value is -1.53. The number of halogens is 1. The largest absolute Gasteiger partial charge is 0.399 e. The number of hydrogen-bond donors (Lipinski definition) is 1. The van der Waals surface area contributed by atoms with Crippen molar-refractivity contribution in [2.45, 2.75) is 10.6 Å². The molecule has 0 radical (unpaired) electrons. The van der Waals surface area contributed by atoms with Crippen LogP contribution in [0.3, 0.4) is 0 Å². The van der Waals surface area contributed by atoms with E-state index >= 15 is 0 Å². The smallest absolute Gasteiger partial charge is 0.274 e. The van der Waals surface area contributed by atoms with Crippen LogP contribution in [0.5, 0.6) is 0 Å². The number of nitrogens with zero attached hydrogens (tertiary/aromatic N) is 1. The third kappa shape index (κ3) is 3.71. The van der Waals surface area contributed by atoms with Crippen molar-refractivity contribution in [1.29, 1.82) is 0 Å². The van der Waals surface area contributed by atoms with Gasteiger partial charge in [-0.2, -0.15) is 0 Å². The third-order valence-corrected chi connectivity index (χ3v) is 4.07. The fourth-order valence-electron chi connectivity index (χ4n) is 1.55. The number of hydrogen-bond acceptors (Lipinski definition) is 4. The fourth-order valence-corrected chi connectivity index (χ4v) is 2.80. The summed E-state index contributed by atoms with van der Waals surface area (Å²) in [6.07, 6.45) is 0. The lowest BCUT2D eigenvalue weighted by Gasteiger charge is -2.04. The minimum atomic E-state index is -0.358. The van der Waals surface area contributed by atoms with E-state index in [1.165, 1.54) is 6.07 Å². The van der Waals surface area contributed by atoms with Gasteiger partial charge in [-0.1, -0.05) is 22.0 Å². The maximum Gasteiger partial charge on any atom is 0.274 e. The Kier molecular flexibility index (Phi) is 4.44. The van der Waals surface area contributed by atoms with Gasteiger partial charge in [0.2, 0.25) is 0 Å². The van der Waals surface area contributed by atoms with Crippen molar-refractivity contribution in [3.05, 3.63) is 62.6 Å². The lowest BCUT2D eigenvalue weighted by atomic mass is 10.2. The molecule has 2 rings (SSSR count). The summed E-state index contributed by atoms with van der Waals surface area (Å²) in [6, 6.07) is 12.6. The molecule has 19 heavy (non-hydrogen) atoms. The monoisotopic (exact) mass is 338 g/mol. The van der Waals surface area contributed by atoms with Crippen molar-refractivity contribution in [2.24, 2.45) is 0 Å². The molecule has 0 spiro atoms. The topological polar surface area (TPSA) is 69.2 Å². The second-order valence-electron chi connectivity index (χ2n) is 3.89. The van der Waals surface area contributed by atoms with Crippen LogP contribution in [-0.4, -0.2) is 4.92 Å². The molecule has 0 aliphatic heterocycles. The van der Waals surface area contributed by atoms with E-state index in [4.69, 9.17) is 5.73 Å². The zero-order valence-corrected chi connectivity index (χ0v) is 12.3. The van der Waals surface area contributed by atoms with E-state index in [9.17, 15) is 10.1 Å². The first kappa shape index (κ1) is 13.9. The SMILES string of the molecule is Nc1ccc(SCc2ccc(Br)cc2[N+](=O)[O-])cc1. The third-order valence-electron chi connectivity index (χ3n) is 2.52. The van der Waals surface area contributed by atoms with Gasteiger partial charge in [-0.3, -0.25) is 10.1 Å². The van der Waals surface area contributed by atoms with Gasteiger partial charge in [0.05, 0.1) is 4.92 Å². The highest BCUT2D eigenvalue weighted by atomic mass is 79.9. The molecule has 0 heterocycles. The summed E-state index contributed by atoms with van der Waals surface area (Å²) in [7, 11) is 0. The molecule has 0 bridgehead atoms. The Balaban J connectivity index is 2.15. The van der Waals surface area contributed by atoms with E-state index in [0.29, 0.717) is 21.5 Å². The van der Waals surface area contributed by atoms with Gasteiger partial charge in [-0.25, -0.2) is 0 Å². The summed E-state index contributed by atoms with van der Waals surface area (Å²) < 4.78 is 0.709. The Morgan fingerprint density at radius 2 is 1.89 bits per heavy atom. The predicted octanol–water partition coefficient (Wildman–Crippen LogP) is 4.23. The Bertz CT molecular complexity index is 602. The van der Waals surface area contributed by atoms with Crippen LogP contribution < -0.4 is 5.73 Å². The summed E-state index contributed by atoms with van der Waals surface area (Å²) in [5, 5.41) is 11.0. The van der Waals surface area contributed by atoms with Crippen LogP contribution in [0.4, 0.5) is 11.4 Å². The zero-order chi connectivity index (χ0) is 13.8. The molecule has 0 aliphatic carbocycles. The molecule has 0 atom stereocenters. The maximum absolute atomic E-state index is 11.0. The van der Waals surface area contributed by atoms with Gasteiger partial charge in [0.1, 0.15) is 0 Å². The van der Waals surface area contributed by atoms with Gasteiger partial charge in [0.25, 0.3) is 5.69 Å². The van der Waals surface area contributed by atoms with E-state index in [-0.39, 0.29) is 10.6 Å². The highest BCUT2D eigenvalue weighted by Gasteiger charge is 2.14. The van der Waals surface area contributed by atoms with E-state index in [1.807, 2.05) is 30.3 Å². The van der Waals surface area contributed by atoms with Gasteiger partial charge < -0.3 is 5.73 Å². The second-order valence-corrected chi connectivity index (χ2v) is 5.85. The number of nitrogen functional groups attached to an aromatic ring is 1. The fraction of sp³-hybridized carbons (Fsp3) is 0.0769. The summed E-state index contributed by atoms with van der Waals surface area (Å²) in [6.45, 7) is 0. The molecular formula is C13H11BrN2O2S. The molecule has 0 amide bonds. The number of nitrogens with two attached hydrogens (primary N) is 1. The van der Waals surface area contributed by atoms with Crippen molar-refractivity contribution < 1.29 is 4.92 Å². The normalized spacial score (nSPS) is 10.4. The first-order chi connectivity index (χ1) is 9.06. The number of nitro groups is 1. The maximum atomic E-state index is 11.0. The number of anilines is 1. The number of nitro benzene ring substituents is 1. The van der Waals surface area contributed by atoms with Crippen molar-refractivity contribution in [3.8, 4) is 0 Å². The minimum Gasteiger partial charge on any atom is -0.399 e. The van der Waals surface area contributed by atoms with Gasteiger partial charge in [-0.05, 0) is 30.3 Å². The molecule has 2 aromatic carbocycles. The predicted molar refractivity (Wildman–Crippen MR) is 81.2 cm³/mol. The molecule has 0 saturated carbocycles. The molecule has 0 fully saturated rings. The van der Waals surface area contributed by atoms with E-state index < -0.39 is 0 Å². The van der Waals surface area contributed by atoms with Gasteiger partial charge >= 0.3 is 0 Å². The van der Waals surface area contributed by atoms with E-state index in [2.05, 4.69) is 15.9 Å². The van der Waals surface area contributed by atoms with Gasteiger partial charge in [0, 0.05) is 32.4 Å². The van der Waals surface area contributed by atoms with Crippen LogP contribution in [0.25, 0.3) is 0 Å². The van der Waals surface area contributed by atoms with Crippen molar-refractivity contribution in [3.63, 3.8) is 0 Å². The Labute approximate surface area is 123 Å². The van der Waals surface area contributed by atoms with E-state index in [0.717, 1.165) is 4.90 Å². The summed E-state index contributed by atoms with van der Waals surface area (Å²) in [5.74, 6) is 0.549. The standard InChI is InChI=1S/C13H11BrN2O2S/c14-10-2-1-9(13(7-10)16(17)18)8-19-12-5-3-11(15)4-6-12/h1-7H,8,15H2. The minimum absolute atomic E-state index is 0.136. The van der Waals surface area contributed by atoms with Crippen LogP contribution in [-0.2, 0) is 5.75 Å². The Morgan fingerprint density at radius 3 is 2.53 bits per heavy atom. The van der Waals surface area contributed by atoms with Gasteiger partial charge in [-0.15, -0.1) is 11.8 Å². The van der Waals surface area contributed by atoms with Gasteiger partial charge in [0.15, 0.2) is 0 Å². The van der Waals surface area contributed by atoms with Crippen LogP contribution in [0.15, 0.2) is 51.8 Å². The average molecular weight is 339 g/mol. The molecule has 0 aliphatic rings. The zero-order valence-electron chi connectivity index (χ0n) is 9.88.